The average molecular weight is 299 g/mol. The summed E-state index contributed by atoms with van der Waals surface area (Å²) in [6.45, 7) is 4.65. The van der Waals surface area contributed by atoms with Gasteiger partial charge in [0, 0.05) is 18.6 Å². The number of likely N-dealkylation sites (tertiary alicyclic amines) is 1. The van der Waals surface area contributed by atoms with Gasteiger partial charge in [0.2, 0.25) is 0 Å². The summed E-state index contributed by atoms with van der Waals surface area (Å²) < 4.78 is 0. The molecule has 0 spiro atoms. The quantitative estimate of drug-likeness (QED) is 0.912. The molecule has 0 bridgehead atoms. The maximum atomic E-state index is 13.0. The maximum absolute atomic E-state index is 13.0. The van der Waals surface area contributed by atoms with E-state index in [0.29, 0.717) is 17.8 Å². The zero-order valence-corrected chi connectivity index (χ0v) is 12.9. The SMILES string of the molecule is Cc1ccc(-n2nccn2)c(C(=O)N2CC(N)CCC2C)c1. The summed E-state index contributed by atoms with van der Waals surface area (Å²) in [5.74, 6) is -0.00125. The third kappa shape index (κ3) is 2.74. The molecule has 22 heavy (non-hydrogen) atoms. The van der Waals surface area contributed by atoms with Crippen molar-refractivity contribution in [2.45, 2.75) is 38.8 Å². The van der Waals surface area contributed by atoms with Gasteiger partial charge in [-0.05, 0) is 38.8 Å². The first kappa shape index (κ1) is 14.7. The van der Waals surface area contributed by atoms with Crippen LogP contribution in [0.5, 0.6) is 0 Å². The number of benzene rings is 1. The first-order valence-electron chi connectivity index (χ1n) is 7.60. The third-order valence-corrected chi connectivity index (χ3v) is 4.20. The van der Waals surface area contributed by atoms with Crippen molar-refractivity contribution in [2.24, 2.45) is 5.73 Å². The van der Waals surface area contributed by atoms with E-state index in [1.165, 1.54) is 4.80 Å². The lowest BCUT2D eigenvalue weighted by atomic mass is 9.98. The Bertz CT molecular complexity index is 667. The molecule has 2 heterocycles. The highest BCUT2D eigenvalue weighted by Gasteiger charge is 2.29. The van der Waals surface area contributed by atoms with E-state index in [1.807, 2.05) is 30.0 Å². The highest BCUT2D eigenvalue weighted by atomic mass is 16.2. The minimum atomic E-state index is -0.00125. The van der Waals surface area contributed by atoms with Crippen molar-refractivity contribution in [1.82, 2.24) is 19.9 Å². The Morgan fingerprint density at radius 3 is 2.73 bits per heavy atom. The van der Waals surface area contributed by atoms with Gasteiger partial charge >= 0.3 is 0 Å². The van der Waals surface area contributed by atoms with Gasteiger partial charge in [0.05, 0.1) is 23.6 Å². The molecule has 116 valence electrons. The molecule has 2 unspecified atom stereocenters. The second kappa shape index (κ2) is 5.88. The molecular formula is C16H21N5O. The van der Waals surface area contributed by atoms with Gasteiger partial charge in [0.1, 0.15) is 0 Å². The molecule has 6 nitrogen and oxygen atoms in total. The second-order valence-electron chi connectivity index (χ2n) is 5.98. The summed E-state index contributed by atoms with van der Waals surface area (Å²) in [5.41, 5.74) is 8.40. The predicted octanol–water partition coefficient (Wildman–Crippen LogP) is 1.53. The molecule has 3 rings (SSSR count). The number of aryl methyl sites for hydroxylation is 1. The average Bonchev–Trinajstić information content (AvgIpc) is 3.03. The molecule has 1 aliphatic rings. The fourth-order valence-corrected chi connectivity index (χ4v) is 2.91. The minimum Gasteiger partial charge on any atom is -0.334 e. The molecule has 1 aromatic heterocycles. The van der Waals surface area contributed by atoms with Gasteiger partial charge in [-0.25, -0.2) is 0 Å². The Labute approximate surface area is 129 Å². The Hall–Kier alpha value is -2.21. The van der Waals surface area contributed by atoms with Crippen molar-refractivity contribution < 1.29 is 4.79 Å². The first-order chi connectivity index (χ1) is 10.6. The number of carbonyl (C=O) groups is 1. The van der Waals surface area contributed by atoms with E-state index < -0.39 is 0 Å². The van der Waals surface area contributed by atoms with Crippen molar-refractivity contribution in [2.75, 3.05) is 6.54 Å². The molecule has 1 amide bonds. The van der Waals surface area contributed by atoms with Crippen LogP contribution < -0.4 is 5.73 Å². The van der Waals surface area contributed by atoms with Crippen LogP contribution in [0.1, 0.15) is 35.7 Å². The van der Waals surface area contributed by atoms with Crippen LogP contribution >= 0.6 is 0 Å². The van der Waals surface area contributed by atoms with Crippen LogP contribution in [0.4, 0.5) is 0 Å². The Morgan fingerprint density at radius 1 is 1.27 bits per heavy atom. The van der Waals surface area contributed by atoms with Crippen LogP contribution in [0.15, 0.2) is 30.6 Å². The van der Waals surface area contributed by atoms with Crippen LogP contribution in [0.3, 0.4) is 0 Å². The molecule has 1 aromatic carbocycles. The lowest BCUT2D eigenvalue weighted by molar-refractivity contribution is 0.0612. The monoisotopic (exact) mass is 299 g/mol. The highest BCUT2D eigenvalue weighted by molar-refractivity contribution is 5.98. The topological polar surface area (TPSA) is 77.0 Å². The number of aromatic nitrogens is 3. The Balaban J connectivity index is 2.00. The van der Waals surface area contributed by atoms with E-state index in [1.54, 1.807) is 12.4 Å². The van der Waals surface area contributed by atoms with Crippen molar-refractivity contribution in [3.8, 4) is 5.69 Å². The van der Waals surface area contributed by atoms with Gasteiger partial charge in [-0.3, -0.25) is 4.79 Å². The standard InChI is InChI=1S/C16H21N5O/c1-11-3-6-15(21-18-7-8-19-21)14(9-11)16(22)20-10-13(17)5-4-12(20)2/h3,6-9,12-13H,4-5,10,17H2,1-2H3. The molecule has 6 heteroatoms. The molecular weight excluding hydrogens is 278 g/mol. The summed E-state index contributed by atoms with van der Waals surface area (Å²) in [7, 11) is 0. The van der Waals surface area contributed by atoms with E-state index in [0.717, 1.165) is 18.4 Å². The smallest absolute Gasteiger partial charge is 0.256 e. The number of rotatable bonds is 2. The predicted molar refractivity (Wildman–Crippen MR) is 83.8 cm³/mol. The lowest BCUT2D eigenvalue weighted by Crippen LogP contribution is -2.50. The fourth-order valence-electron chi connectivity index (χ4n) is 2.91. The molecule has 2 atom stereocenters. The largest absolute Gasteiger partial charge is 0.334 e. The van der Waals surface area contributed by atoms with E-state index in [4.69, 9.17) is 5.73 Å². The number of hydrogen-bond donors (Lipinski definition) is 1. The summed E-state index contributed by atoms with van der Waals surface area (Å²) in [4.78, 5) is 16.4. The van der Waals surface area contributed by atoms with Crippen LogP contribution in [0, 0.1) is 6.92 Å². The molecule has 0 saturated carbocycles. The summed E-state index contributed by atoms with van der Waals surface area (Å²) >= 11 is 0. The first-order valence-corrected chi connectivity index (χ1v) is 7.60. The zero-order valence-electron chi connectivity index (χ0n) is 12.9. The molecule has 2 aromatic rings. The summed E-state index contributed by atoms with van der Waals surface area (Å²) in [5, 5.41) is 8.30. The molecule has 2 N–H and O–H groups in total. The van der Waals surface area contributed by atoms with Crippen molar-refractivity contribution in [3.05, 3.63) is 41.7 Å². The number of amides is 1. The van der Waals surface area contributed by atoms with E-state index >= 15 is 0 Å². The minimum absolute atomic E-state index is 0.00125. The van der Waals surface area contributed by atoms with Gasteiger partial charge in [0.25, 0.3) is 5.91 Å². The van der Waals surface area contributed by atoms with E-state index in [-0.39, 0.29) is 18.0 Å². The van der Waals surface area contributed by atoms with E-state index in [9.17, 15) is 4.79 Å². The van der Waals surface area contributed by atoms with Crippen molar-refractivity contribution >= 4 is 5.91 Å². The van der Waals surface area contributed by atoms with Gasteiger partial charge in [-0.15, -0.1) is 0 Å². The van der Waals surface area contributed by atoms with Crippen LogP contribution in [0.2, 0.25) is 0 Å². The normalized spacial score (nSPS) is 21.9. The summed E-state index contributed by atoms with van der Waals surface area (Å²) in [6, 6.07) is 5.99. The van der Waals surface area contributed by atoms with Crippen LogP contribution in [0.25, 0.3) is 5.69 Å². The number of piperidine rings is 1. The molecule has 0 radical (unpaired) electrons. The van der Waals surface area contributed by atoms with Gasteiger partial charge < -0.3 is 10.6 Å². The second-order valence-corrected chi connectivity index (χ2v) is 5.98. The van der Waals surface area contributed by atoms with Gasteiger partial charge in [0.15, 0.2) is 0 Å². The number of hydrogen-bond acceptors (Lipinski definition) is 4. The number of nitrogens with zero attached hydrogens (tertiary/aromatic N) is 4. The van der Waals surface area contributed by atoms with Crippen molar-refractivity contribution in [1.29, 1.82) is 0 Å². The van der Waals surface area contributed by atoms with Crippen LogP contribution in [-0.4, -0.2) is 44.4 Å². The van der Waals surface area contributed by atoms with Gasteiger partial charge in [-0.1, -0.05) is 11.6 Å². The molecule has 1 aliphatic heterocycles. The highest BCUT2D eigenvalue weighted by Crippen LogP contribution is 2.22. The van der Waals surface area contributed by atoms with Gasteiger partial charge in [-0.2, -0.15) is 15.0 Å². The number of nitrogens with two attached hydrogens (primary N) is 1. The summed E-state index contributed by atoms with van der Waals surface area (Å²) in [6.07, 6.45) is 5.11. The number of carbonyl (C=O) groups excluding carboxylic acids is 1. The van der Waals surface area contributed by atoms with E-state index in [2.05, 4.69) is 17.1 Å². The molecule has 0 aliphatic carbocycles. The third-order valence-electron chi connectivity index (χ3n) is 4.20. The lowest BCUT2D eigenvalue weighted by Gasteiger charge is -2.37. The Kier molecular flexibility index (Phi) is 3.94. The van der Waals surface area contributed by atoms with Crippen LogP contribution in [-0.2, 0) is 0 Å². The maximum Gasteiger partial charge on any atom is 0.256 e. The Morgan fingerprint density at radius 2 is 2.00 bits per heavy atom. The fraction of sp³-hybridized carbons (Fsp3) is 0.438. The molecule has 1 fully saturated rings. The molecule has 1 saturated heterocycles. The van der Waals surface area contributed by atoms with Crippen molar-refractivity contribution in [3.63, 3.8) is 0 Å². The zero-order chi connectivity index (χ0) is 15.7.